The molecule has 5 aromatic rings. The number of halogens is 2. The third-order valence-corrected chi connectivity index (χ3v) is 5.71. The van der Waals surface area contributed by atoms with Crippen LogP contribution in [0.2, 0.25) is 0 Å². The minimum atomic E-state index is 0. The molecule has 0 fully saturated rings. The second kappa shape index (κ2) is 19.6. The molecule has 0 unspecified atom stereocenters. The summed E-state index contributed by atoms with van der Waals surface area (Å²) < 4.78 is 0. The Hall–Kier alpha value is -1.44. The molecular weight excluding hydrogens is 587 g/mol. The minimum absolute atomic E-state index is 0. The second-order valence-corrected chi connectivity index (χ2v) is 9.15. The second-order valence-electron chi connectivity index (χ2n) is 9.15. The average Bonchev–Trinajstić information content (AvgIpc) is 3.42. The van der Waals surface area contributed by atoms with Crippen molar-refractivity contribution in [1.82, 2.24) is 0 Å². The third kappa shape index (κ3) is 11.5. The third-order valence-electron chi connectivity index (χ3n) is 5.71. The van der Waals surface area contributed by atoms with Crippen LogP contribution in [0.5, 0.6) is 0 Å². The molecule has 5 aromatic carbocycles. The Balaban J connectivity index is 0. The molecule has 0 heterocycles. The van der Waals surface area contributed by atoms with E-state index in [0.29, 0.717) is 11.8 Å². The largest absolute Gasteiger partial charge is 0.184 e. The van der Waals surface area contributed by atoms with Crippen molar-refractivity contribution in [3.8, 4) is 0 Å². The van der Waals surface area contributed by atoms with Crippen LogP contribution in [-0.2, 0) is 23.3 Å². The first-order valence-electron chi connectivity index (χ1n) is 11.8. The SMILES string of the molecule is Cc1cc2c(C(C)C)cccc2[cH-]1.Cc1cc2c(C(C)C)cccc2[cH-]1.Cl.Cl.[CH3-].[Si]=[Zr].[c-]1ccccc1. The van der Waals surface area contributed by atoms with Gasteiger partial charge in [0.25, 0.3) is 0 Å². The van der Waals surface area contributed by atoms with Crippen LogP contribution in [0.15, 0.2) is 91.0 Å². The summed E-state index contributed by atoms with van der Waals surface area (Å²) in [7, 11) is 0. The molecule has 0 N–H and O–H groups in total. The van der Waals surface area contributed by atoms with Crippen LogP contribution in [0.25, 0.3) is 21.5 Å². The fourth-order valence-corrected chi connectivity index (χ4v) is 4.17. The molecule has 0 aliphatic heterocycles. The van der Waals surface area contributed by atoms with E-state index in [2.05, 4.69) is 115 Å². The summed E-state index contributed by atoms with van der Waals surface area (Å²) in [5.41, 5.74) is 5.66. The molecule has 37 heavy (non-hydrogen) atoms. The van der Waals surface area contributed by atoms with Crippen molar-refractivity contribution >= 4 is 53.2 Å². The predicted molar refractivity (Wildman–Crippen MR) is 169 cm³/mol. The van der Waals surface area contributed by atoms with Gasteiger partial charge in [0.15, 0.2) is 0 Å². The van der Waals surface area contributed by atoms with Gasteiger partial charge in [0.2, 0.25) is 0 Å². The molecule has 0 aliphatic carbocycles. The molecular formula is C33H40Cl2SiZr-4. The summed E-state index contributed by atoms with van der Waals surface area (Å²) in [6, 6.07) is 34.7. The van der Waals surface area contributed by atoms with Crippen LogP contribution < -0.4 is 0 Å². The molecule has 5 rings (SSSR count). The Morgan fingerprint density at radius 3 is 1.30 bits per heavy atom. The van der Waals surface area contributed by atoms with Crippen molar-refractivity contribution in [2.75, 3.05) is 0 Å². The van der Waals surface area contributed by atoms with Gasteiger partial charge in [-0.1, -0.05) is 64.8 Å². The monoisotopic (exact) mass is 624 g/mol. The molecule has 0 nitrogen and oxygen atoms in total. The fourth-order valence-electron chi connectivity index (χ4n) is 4.17. The van der Waals surface area contributed by atoms with Gasteiger partial charge in [0, 0.05) is 0 Å². The van der Waals surface area contributed by atoms with E-state index >= 15 is 0 Å². The average molecular weight is 627 g/mol. The molecule has 0 bridgehead atoms. The van der Waals surface area contributed by atoms with Gasteiger partial charge in [-0.05, 0) is 11.8 Å². The van der Waals surface area contributed by atoms with Crippen LogP contribution in [0, 0.1) is 27.3 Å². The van der Waals surface area contributed by atoms with E-state index < -0.39 is 0 Å². The van der Waals surface area contributed by atoms with E-state index in [9.17, 15) is 0 Å². The summed E-state index contributed by atoms with van der Waals surface area (Å²) in [5, 5.41) is 5.61. The van der Waals surface area contributed by atoms with Gasteiger partial charge in [-0.15, -0.1) is 93.9 Å². The maximum absolute atomic E-state index is 3.06. The molecule has 0 aliphatic rings. The molecule has 0 saturated heterocycles. The topological polar surface area (TPSA) is 0 Å². The molecule has 0 saturated carbocycles. The van der Waals surface area contributed by atoms with Gasteiger partial charge < -0.3 is 7.43 Å². The minimum Gasteiger partial charge on any atom is -0.184 e. The number of benzene rings is 3. The Labute approximate surface area is 255 Å². The maximum Gasteiger partial charge on any atom is -0.171 e. The van der Waals surface area contributed by atoms with Crippen LogP contribution in [0.4, 0.5) is 0 Å². The number of hydrogen-bond acceptors (Lipinski definition) is 0. The first-order valence-corrected chi connectivity index (χ1v) is 16.0. The van der Waals surface area contributed by atoms with Crippen LogP contribution >= 0.6 is 24.8 Å². The Kier molecular flexibility index (Phi) is 20.0. The van der Waals surface area contributed by atoms with Gasteiger partial charge in [-0.3, -0.25) is 0 Å². The zero-order valence-electron chi connectivity index (χ0n) is 23.1. The van der Waals surface area contributed by atoms with Crippen molar-refractivity contribution in [2.45, 2.75) is 53.4 Å². The van der Waals surface area contributed by atoms with Crippen molar-refractivity contribution in [3.63, 3.8) is 0 Å². The van der Waals surface area contributed by atoms with Crippen molar-refractivity contribution in [2.24, 2.45) is 0 Å². The molecule has 0 amide bonds. The van der Waals surface area contributed by atoms with Crippen LogP contribution in [0.1, 0.15) is 61.8 Å². The molecule has 2 radical (unpaired) electrons. The summed E-state index contributed by atoms with van der Waals surface area (Å²) in [6.07, 6.45) is 0. The predicted octanol–water partition coefficient (Wildman–Crippen LogP) is 10.4. The van der Waals surface area contributed by atoms with Gasteiger partial charge in [-0.25, -0.2) is 0 Å². The molecule has 0 spiro atoms. The summed E-state index contributed by atoms with van der Waals surface area (Å²) in [6.45, 7) is 16.4. The van der Waals surface area contributed by atoms with Crippen LogP contribution in [0.3, 0.4) is 0 Å². The smallest absolute Gasteiger partial charge is 0.171 e. The van der Waals surface area contributed by atoms with E-state index in [1.54, 1.807) is 0 Å². The van der Waals surface area contributed by atoms with Crippen molar-refractivity contribution in [3.05, 3.63) is 127 Å². The Bertz CT molecular complexity index is 1160. The Morgan fingerprint density at radius 1 is 0.649 bits per heavy atom. The summed E-state index contributed by atoms with van der Waals surface area (Å²) in [4.78, 5) is 0. The van der Waals surface area contributed by atoms with E-state index in [0.717, 1.165) is 0 Å². The Morgan fingerprint density at radius 2 is 1.03 bits per heavy atom. The normalized spacial score (nSPS) is 9.38. The quantitative estimate of drug-likeness (QED) is 0.135. The zero-order chi connectivity index (χ0) is 25.1. The molecule has 198 valence electrons. The fraction of sp³-hybridized carbons (Fsp3) is 0.242. The van der Waals surface area contributed by atoms with E-state index in [-0.39, 0.29) is 32.2 Å². The number of aryl methyl sites for hydroxylation is 2. The summed E-state index contributed by atoms with van der Waals surface area (Å²) in [5.74, 6) is 1.23. The number of rotatable bonds is 2. The van der Waals surface area contributed by atoms with E-state index in [4.69, 9.17) is 0 Å². The van der Waals surface area contributed by atoms with Gasteiger partial charge in [0.05, 0.1) is 0 Å². The zero-order valence-corrected chi connectivity index (χ0v) is 28.2. The molecule has 0 aromatic heterocycles. The van der Waals surface area contributed by atoms with Gasteiger partial charge in [-0.2, -0.15) is 48.5 Å². The first-order chi connectivity index (χ1) is 16.4. The van der Waals surface area contributed by atoms with Gasteiger partial charge in [0.1, 0.15) is 0 Å². The standard InChI is InChI=1S/2C13H15.C6H5.CH3.2ClH.Si.Zr/c2*1-9(2)12-6-4-5-11-7-10(3)8-13(11)12;1-2-4-6-5-3-1;;;;;/h2*4-9H,1-3H3;1-5H;1H3;2*1H;;/q4*-1;;;;. The van der Waals surface area contributed by atoms with Crippen LogP contribution in [-0.4, -0.2) is 6.88 Å². The van der Waals surface area contributed by atoms with Crippen molar-refractivity contribution in [1.29, 1.82) is 0 Å². The van der Waals surface area contributed by atoms with E-state index in [1.165, 1.54) is 67.1 Å². The molecule has 4 heteroatoms. The molecule has 0 atom stereocenters. The number of hydrogen-bond donors (Lipinski definition) is 0. The van der Waals surface area contributed by atoms with E-state index in [1.807, 2.05) is 30.3 Å². The maximum atomic E-state index is 3.06. The van der Waals surface area contributed by atoms with Crippen molar-refractivity contribution < 1.29 is 23.3 Å². The van der Waals surface area contributed by atoms with Gasteiger partial charge >= 0.3 is 30.2 Å². The first kappa shape index (κ1) is 37.7. The summed E-state index contributed by atoms with van der Waals surface area (Å²) >= 11 is 1.36. The number of fused-ring (bicyclic) bond motifs is 2.